The van der Waals surface area contributed by atoms with Crippen molar-refractivity contribution in [3.8, 4) is 11.5 Å². The average Bonchev–Trinajstić information content (AvgIpc) is 2.69. The van der Waals surface area contributed by atoms with E-state index < -0.39 is 10.0 Å². The van der Waals surface area contributed by atoms with Gasteiger partial charge in [0, 0.05) is 13.0 Å². The number of para-hydroxylation sites is 1. The Morgan fingerprint density at radius 2 is 1.79 bits per heavy atom. The summed E-state index contributed by atoms with van der Waals surface area (Å²) in [6, 6.07) is 14.5. The first kappa shape index (κ1) is 22.5. The van der Waals surface area contributed by atoms with Crippen LogP contribution < -0.4 is 19.1 Å². The first-order valence-electron chi connectivity index (χ1n) is 9.38. The monoisotopic (exact) mass is 420 g/mol. The molecule has 0 heterocycles. The number of hydrogen-bond acceptors (Lipinski definition) is 5. The van der Waals surface area contributed by atoms with Crippen molar-refractivity contribution in [2.75, 3.05) is 37.4 Å². The van der Waals surface area contributed by atoms with E-state index in [2.05, 4.69) is 5.32 Å². The third-order valence-corrected chi connectivity index (χ3v) is 5.50. The van der Waals surface area contributed by atoms with Gasteiger partial charge in [0.15, 0.2) is 0 Å². The number of aryl methyl sites for hydroxylation is 1. The maximum absolute atomic E-state index is 12.1. The highest BCUT2D eigenvalue weighted by molar-refractivity contribution is 7.92. The second-order valence-electron chi connectivity index (χ2n) is 6.60. The van der Waals surface area contributed by atoms with E-state index in [9.17, 15) is 13.2 Å². The maximum atomic E-state index is 12.1. The summed E-state index contributed by atoms with van der Waals surface area (Å²) in [5.74, 6) is 1.31. The maximum Gasteiger partial charge on any atom is 0.232 e. The number of ether oxygens (including phenoxy) is 2. The zero-order chi connectivity index (χ0) is 21.3. The lowest BCUT2D eigenvalue weighted by molar-refractivity contribution is -0.121. The standard InChI is InChI=1S/C21H28N2O5S/c1-17-7-4-5-8-20(17)28-16-14-22-21(24)9-6-15-23(29(3,25)26)18-10-12-19(27-2)13-11-18/h4-5,7-8,10-13H,6,9,14-16H2,1-3H3,(H,22,24). The first-order chi connectivity index (χ1) is 13.8. The number of carbonyl (C=O) groups is 1. The molecule has 0 saturated heterocycles. The number of methoxy groups -OCH3 is 1. The molecule has 0 unspecified atom stereocenters. The van der Waals surface area contributed by atoms with E-state index >= 15 is 0 Å². The molecule has 1 N–H and O–H groups in total. The van der Waals surface area contributed by atoms with E-state index in [1.807, 2.05) is 31.2 Å². The fourth-order valence-corrected chi connectivity index (χ4v) is 3.74. The van der Waals surface area contributed by atoms with Gasteiger partial charge in [0.2, 0.25) is 15.9 Å². The van der Waals surface area contributed by atoms with Gasteiger partial charge >= 0.3 is 0 Å². The van der Waals surface area contributed by atoms with Crippen molar-refractivity contribution in [1.82, 2.24) is 5.32 Å². The number of nitrogens with zero attached hydrogens (tertiary/aromatic N) is 1. The highest BCUT2D eigenvalue weighted by atomic mass is 32.2. The van der Waals surface area contributed by atoms with Crippen LogP contribution in [0, 0.1) is 6.92 Å². The van der Waals surface area contributed by atoms with Crippen molar-refractivity contribution in [3.05, 3.63) is 54.1 Å². The quantitative estimate of drug-likeness (QED) is 0.565. The highest BCUT2D eigenvalue weighted by Gasteiger charge is 2.17. The Balaban J connectivity index is 1.76. The summed E-state index contributed by atoms with van der Waals surface area (Å²) in [6.45, 7) is 2.95. The van der Waals surface area contributed by atoms with Gasteiger partial charge in [-0.05, 0) is 49.2 Å². The minimum Gasteiger partial charge on any atom is -0.497 e. The Bertz CT molecular complexity index is 898. The summed E-state index contributed by atoms with van der Waals surface area (Å²) in [4.78, 5) is 12.0. The highest BCUT2D eigenvalue weighted by Crippen LogP contribution is 2.22. The van der Waals surface area contributed by atoms with Crippen LogP contribution >= 0.6 is 0 Å². The Kier molecular flexibility index (Phi) is 8.33. The normalized spacial score (nSPS) is 11.0. The van der Waals surface area contributed by atoms with Crippen molar-refractivity contribution >= 4 is 21.6 Å². The van der Waals surface area contributed by atoms with E-state index in [1.54, 1.807) is 31.4 Å². The molecule has 2 aromatic rings. The molecule has 0 bridgehead atoms. The van der Waals surface area contributed by atoms with E-state index in [1.165, 1.54) is 4.31 Å². The summed E-state index contributed by atoms with van der Waals surface area (Å²) in [7, 11) is -1.90. The summed E-state index contributed by atoms with van der Waals surface area (Å²) in [6.07, 6.45) is 1.79. The molecule has 0 fully saturated rings. The molecule has 29 heavy (non-hydrogen) atoms. The van der Waals surface area contributed by atoms with Crippen LogP contribution in [-0.2, 0) is 14.8 Å². The molecule has 2 rings (SSSR count). The largest absolute Gasteiger partial charge is 0.497 e. The molecule has 0 saturated carbocycles. The zero-order valence-electron chi connectivity index (χ0n) is 17.1. The van der Waals surface area contributed by atoms with Crippen LogP contribution in [0.15, 0.2) is 48.5 Å². The molecule has 0 aromatic heterocycles. The molecular weight excluding hydrogens is 392 g/mol. The molecule has 0 aliphatic heterocycles. The summed E-state index contributed by atoms with van der Waals surface area (Å²) < 4.78 is 36.3. The van der Waals surface area contributed by atoms with Crippen LogP contribution in [0.25, 0.3) is 0 Å². The van der Waals surface area contributed by atoms with Gasteiger partial charge in [0.25, 0.3) is 0 Å². The second kappa shape index (κ2) is 10.7. The lowest BCUT2D eigenvalue weighted by Crippen LogP contribution is -2.32. The SMILES string of the molecule is COc1ccc(N(CCCC(=O)NCCOc2ccccc2C)S(C)(=O)=O)cc1. The van der Waals surface area contributed by atoms with Gasteiger partial charge in [-0.15, -0.1) is 0 Å². The molecule has 0 atom stereocenters. The molecule has 7 nitrogen and oxygen atoms in total. The lowest BCUT2D eigenvalue weighted by atomic mass is 10.2. The second-order valence-corrected chi connectivity index (χ2v) is 8.51. The van der Waals surface area contributed by atoms with Crippen LogP contribution in [0.4, 0.5) is 5.69 Å². The summed E-state index contributed by atoms with van der Waals surface area (Å²) >= 11 is 0. The Morgan fingerprint density at radius 1 is 1.10 bits per heavy atom. The summed E-state index contributed by atoms with van der Waals surface area (Å²) in [5, 5.41) is 2.79. The predicted octanol–water partition coefficient (Wildman–Crippen LogP) is 2.75. The topological polar surface area (TPSA) is 84.9 Å². The van der Waals surface area contributed by atoms with E-state index in [0.29, 0.717) is 31.0 Å². The molecule has 158 valence electrons. The molecule has 8 heteroatoms. The average molecular weight is 421 g/mol. The Hall–Kier alpha value is -2.74. The Morgan fingerprint density at radius 3 is 2.41 bits per heavy atom. The number of carbonyl (C=O) groups excluding carboxylic acids is 1. The van der Waals surface area contributed by atoms with E-state index in [-0.39, 0.29) is 18.9 Å². The molecule has 2 aromatic carbocycles. The third-order valence-electron chi connectivity index (χ3n) is 4.30. The van der Waals surface area contributed by atoms with Gasteiger partial charge in [0.1, 0.15) is 18.1 Å². The van der Waals surface area contributed by atoms with Gasteiger partial charge < -0.3 is 14.8 Å². The van der Waals surface area contributed by atoms with E-state index in [4.69, 9.17) is 9.47 Å². The molecule has 1 amide bonds. The number of anilines is 1. The van der Waals surface area contributed by atoms with Gasteiger partial charge in [-0.3, -0.25) is 9.10 Å². The number of sulfonamides is 1. The Labute approximate surface area is 172 Å². The molecule has 0 spiro atoms. The zero-order valence-corrected chi connectivity index (χ0v) is 17.9. The van der Waals surface area contributed by atoms with Crippen LogP contribution in [0.2, 0.25) is 0 Å². The smallest absolute Gasteiger partial charge is 0.232 e. The number of hydrogen-bond donors (Lipinski definition) is 1. The van der Waals surface area contributed by atoms with Gasteiger partial charge in [-0.2, -0.15) is 0 Å². The van der Waals surface area contributed by atoms with Gasteiger partial charge in [0.05, 0.1) is 25.6 Å². The number of rotatable bonds is 11. The third kappa shape index (κ3) is 7.30. The van der Waals surface area contributed by atoms with E-state index in [0.717, 1.165) is 17.6 Å². The molecule has 0 radical (unpaired) electrons. The van der Waals surface area contributed by atoms with Crippen molar-refractivity contribution in [2.24, 2.45) is 0 Å². The molecule has 0 aliphatic rings. The summed E-state index contributed by atoms with van der Waals surface area (Å²) in [5.41, 5.74) is 1.58. The van der Waals surface area contributed by atoms with Crippen LogP contribution in [0.1, 0.15) is 18.4 Å². The van der Waals surface area contributed by atoms with Crippen molar-refractivity contribution < 1.29 is 22.7 Å². The fraction of sp³-hybridized carbons (Fsp3) is 0.381. The van der Waals surface area contributed by atoms with Gasteiger partial charge in [-0.25, -0.2) is 8.42 Å². The number of amides is 1. The van der Waals surface area contributed by atoms with Crippen molar-refractivity contribution in [3.63, 3.8) is 0 Å². The first-order valence-corrected chi connectivity index (χ1v) is 11.2. The number of nitrogens with one attached hydrogen (secondary N) is 1. The van der Waals surface area contributed by atoms with Crippen molar-refractivity contribution in [2.45, 2.75) is 19.8 Å². The van der Waals surface area contributed by atoms with Crippen molar-refractivity contribution in [1.29, 1.82) is 0 Å². The lowest BCUT2D eigenvalue weighted by Gasteiger charge is -2.22. The number of benzene rings is 2. The minimum atomic E-state index is -3.45. The molecule has 0 aliphatic carbocycles. The fourth-order valence-electron chi connectivity index (χ4n) is 2.78. The molecular formula is C21H28N2O5S. The predicted molar refractivity (Wildman–Crippen MR) is 114 cm³/mol. The van der Waals surface area contributed by atoms with Crippen LogP contribution in [-0.4, -0.2) is 47.4 Å². The van der Waals surface area contributed by atoms with Gasteiger partial charge in [-0.1, -0.05) is 18.2 Å². The minimum absolute atomic E-state index is 0.137. The van der Waals surface area contributed by atoms with Crippen LogP contribution in [0.3, 0.4) is 0 Å². The van der Waals surface area contributed by atoms with Crippen LogP contribution in [0.5, 0.6) is 11.5 Å².